The molecule has 0 aliphatic heterocycles. The van der Waals surface area contributed by atoms with E-state index in [1.165, 1.54) is 9.21 Å². The lowest BCUT2D eigenvalue weighted by atomic mass is 10.1. The van der Waals surface area contributed by atoms with Crippen LogP contribution in [0.5, 0.6) is 0 Å². The van der Waals surface area contributed by atoms with Crippen molar-refractivity contribution in [3.8, 4) is 0 Å². The minimum atomic E-state index is -3.57. The molecule has 210 valence electrons. The van der Waals surface area contributed by atoms with E-state index in [0.717, 1.165) is 23.8 Å². The second kappa shape index (κ2) is 14.2. The van der Waals surface area contributed by atoms with E-state index in [1.807, 2.05) is 52.8 Å². The Hall–Kier alpha value is -2.29. The number of amides is 2. The molecule has 0 aliphatic carbocycles. The van der Waals surface area contributed by atoms with Gasteiger partial charge in [0, 0.05) is 41.2 Å². The molecule has 1 N–H and O–H groups in total. The fourth-order valence-corrected chi connectivity index (χ4v) is 5.78. The highest BCUT2D eigenvalue weighted by molar-refractivity contribution is 7.92. The lowest BCUT2D eigenvalue weighted by molar-refractivity contribution is -0.141. The van der Waals surface area contributed by atoms with Crippen LogP contribution in [0.15, 0.2) is 36.4 Å². The van der Waals surface area contributed by atoms with Crippen molar-refractivity contribution < 1.29 is 18.0 Å². The number of sulfonamides is 1. The van der Waals surface area contributed by atoms with Gasteiger partial charge in [-0.15, -0.1) is 0 Å². The molecule has 0 saturated heterocycles. The van der Waals surface area contributed by atoms with E-state index in [9.17, 15) is 18.0 Å². The Kier molecular flexibility index (Phi) is 11.9. The smallest absolute Gasteiger partial charge is 0.243 e. The van der Waals surface area contributed by atoms with Crippen LogP contribution in [0.2, 0.25) is 10.0 Å². The maximum Gasteiger partial charge on any atom is 0.243 e. The van der Waals surface area contributed by atoms with Crippen molar-refractivity contribution in [3.63, 3.8) is 0 Å². The highest BCUT2D eigenvalue weighted by Crippen LogP contribution is 2.28. The lowest BCUT2D eigenvalue weighted by Crippen LogP contribution is -2.50. The maximum absolute atomic E-state index is 13.6. The molecule has 2 atom stereocenters. The Balaban J connectivity index is 2.31. The number of hydrogen-bond acceptors (Lipinski definition) is 4. The summed E-state index contributed by atoms with van der Waals surface area (Å²) in [6.07, 6.45) is 2.63. The Morgan fingerprint density at radius 3 is 2.08 bits per heavy atom. The van der Waals surface area contributed by atoms with E-state index >= 15 is 0 Å². The highest BCUT2D eigenvalue weighted by atomic mass is 35.5. The summed E-state index contributed by atoms with van der Waals surface area (Å²) in [6.45, 7) is 9.75. The normalized spacial score (nSPS) is 13.1. The van der Waals surface area contributed by atoms with Crippen LogP contribution in [0, 0.1) is 13.8 Å². The van der Waals surface area contributed by atoms with Crippen LogP contribution in [0.1, 0.15) is 63.1 Å². The van der Waals surface area contributed by atoms with Crippen molar-refractivity contribution in [1.82, 2.24) is 10.2 Å². The van der Waals surface area contributed by atoms with Gasteiger partial charge in [-0.05, 0) is 75.4 Å². The van der Waals surface area contributed by atoms with Crippen LogP contribution in [0.4, 0.5) is 5.69 Å². The van der Waals surface area contributed by atoms with Crippen molar-refractivity contribution in [3.05, 3.63) is 63.1 Å². The predicted molar refractivity (Wildman–Crippen MR) is 156 cm³/mol. The van der Waals surface area contributed by atoms with E-state index < -0.39 is 16.1 Å². The summed E-state index contributed by atoms with van der Waals surface area (Å²) < 4.78 is 26.5. The standard InChI is InChI=1S/C28H39Cl2N3O4S/c1-7-21(5)31-28(35)26(8-2)32(18-23-24(29)11-9-12-25(23)30)27(34)13-10-14-33(38(6,36)37)22-16-19(3)15-20(4)17-22/h9,11-12,15-17,21,26H,7-8,10,13-14,18H2,1-6H3,(H,31,35)/t21-,26+/m1/s1. The van der Waals surface area contributed by atoms with Crippen molar-refractivity contribution in [2.75, 3.05) is 17.1 Å². The van der Waals surface area contributed by atoms with Crippen molar-refractivity contribution in [2.45, 2.75) is 78.9 Å². The molecule has 0 radical (unpaired) electrons. The summed E-state index contributed by atoms with van der Waals surface area (Å²) in [5, 5.41) is 3.79. The van der Waals surface area contributed by atoms with Gasteiger partial charge < -0.3 is 10.2 Å². The van der Waals surface area contributed by atoms with Gasteiger partial charge in [-0.25, -0.2) is 8.42 Å². The van der Waals surface area contributed by atoms with Crippen LogP contribution < -0.4 is 9.62 Å². The first-order valence-electron chi connectivity index (χ1n) is 12.9. The number of rotatable bonds is 13. The predicted octanol–water partition coefficient (Wildman–Crippen LogP) is 5.88. The van der Waals surface area contributed by atoms with Gasteiger partial charge in [0.15, 0.2) is 0 Å². The van der Waals surface area contributed by atoms with Gasteiger partial charge in [-0.1, -0.05) is 49.2 Å². The highest BCUT2D eigenvalue weighted by Gasteiger charge is 2.30. The van der Waals surface area contributed by atoms with Crippen LogP contribution >= 0.6 is 23.2 Å². The molecule has 0 bridgehead atoms. The molecule has 2 aromatic carbocycles. The number of nitrogens with zero attached hydrogens (tertiary/aromatic N) is 2. The van der Waals surface area contributed by atoms with E-state index in [-0.39, 0.29) is 43.8 Å². The first kappa shape index (κ1) is 31.9. The van der Waals surface area contributed by atoms with Crippen molar-refractivity contribution in [2.24, 2.45) is 0 Å². The van der Waals surface area contributed by atoms with Crippen LogP contribution in [0.25, 0.3) is 0 Å². The third kappa shape index (κ3) is 8.89. The summed E-state index contributed by atoms with van der Waals surface area (Å²) in [6, 6.07) is 9.94. The molecule has 0 aromatic heterocycles. The second-order valence-electron chi connectivity index (χ2n) is 9.75. The summed E-state index contributed by atoms with van der Waals surface area (Å²) in [5.41, 5.74) is 3.03. The molecule has 0 unspecified atom stereocenters. The summed E-state index contributed by atoms with van der Waals surface area (Å²) in [7, 11) is -3.57. The molecule has 0 saturated carbocycles. The zero-order chi connectivity index (χ0) is 28.6. The van der Waals surface area contributed by atoms with Gasteiger partial charge in [0.1, 0.15) is 6.04 Å². The van der Waals surface area contributed by atoms with Gasteiger partial charge in [0.05, 0.1) is 11.9 Å². The van der Waals surface area contributed by atoms with Crippen molar-refractivity contribution >= 4 is 50.7 Å². The van der Waals surface area contributed by atoms with Crippen molar-refractivity contribution in [1.29, 1.82) is 0 Å². The molecule has 0 heterocycles. The molecular formula is C28H39Cl2N3O4S. The lowest BCUT2D eigenvalue weighted by Gasteiger charge is -2.32. The third-order valence-electron chi connectivity index (χ3n) is 6.42. The number of aryl methyl sites for hydroxylation is 2. The Bertz CT molecular complexity index is 1200. The first-order valence-corrected chi connectivity index (χ1v) is 15.5. The molecule has 0 fully saturated rings. The fraction of sp³-hybridized carbons (Fsp3) is 0.500. The zero-order valence-electron chi connectivity index (χ0n) is 23.1. The molecule has 0 spiro atoms. The second-order valence-corrected chi connectivity index (χ2v) is 12.5. The number of nitrogens with one attached hydrogen (secondary N) is 1. The van der Waals surface area contributed by atoms with E-state index in [0.29, 0.717) is 27.7 Å². The molecule has 0 aliphatic rings. The number of hydrogen-bond donors (Lipinski definition) is 1. The monoisotopic (exact) mass is 583 g/mol. The summed E-state index contributed by atoms with van der Waals surface area (Å²) >= 11 is 12.8. The number of carbonyl (C=O) groups excluding carboxylic acids is 2. The Labute approximate surface area is 237 Å². The number of anilines is 1. The molecule has 10 heteroatoms. The average molecular weight is 585 g/mol. The number of benzene rings is 2. The largest absolute Gasteiger partial charge is 0.352 e. The van der Waals surface area contributed by atoms with Gasteiger partial charge in [0.2, 0.25) is 21.8 Å². The van der Waals surface area contributed by atoms with E-state index in [4.69, 9.17) is 23.2 Å². The van der Waals surface area contributed by atoms with E-state index in [2.05, 4.69) is 5.32 Å². The minimum absolute atomic E-state index is 0.0430. The third-order valence-corrected chi connectivity index (χ3v) is 8.33. The summed E-state index contributed by atoms with van der Waals surface area (Å²) in [5.74, 6) is -0.521. The molecule has 2 aromatic rings. The van der Waals surface area contributed by atoms with Gasteiger partial charge >= 0.3 is 0 Å². The molecular weight excluding hydrogens is 545 g/mol. The zero-order valence-corrected chi connectivity index (χ0v) is 25.4. The maximum atomic E-state index is 13.6. The molecule has 2 amide bonds. The number of halogens is 2. The number of carbonyl (C=O) groups is 2. The van der Waals surface area contributed by atoms with Gasteiger partial charge in [0.25, 0.3) is 0 Å². The first-order chi connectivity index (χ1) is 17.8. The average Bonchev–Trinajstić information content (AvgIpc) is 2.81. The van der Waals surface area contributed by atoms with Gasteiger partial charge in [-0.3, -0.25) is 13.9 Å². The molecule has 7 nitrogen and oxygen atoms in total. The quantitative estimate of drug-likeness (QED) is 0.319. The van der Waals surface area contributed by atoms with Crippen LogP contribution in [-0.4, -0.2) is 50.0 Å². The van der Waals surface area contributed by atoms with Crippen LogP contribution in [-0.2, 0) is 26.2 Å². The molecule has 38 heavy (non-hydrogen) atoms. The Morgan fingerprint density at radius 1 is 1.00 bits per heavy atom. The topological polar surface area (TPSA) is 86.8 Å². The SMILES string of the molecule is CC[C@@H](C)NC(=O)[C@H](CC)N(Cc1c(Cl)cccc1Cl)C(=O)CCCN(c1cc(C)cc(C)c1)S(C)(=O)=O. The summed E-state index contributed by atoms with van der Waals surface area (Å²) in [4.78, 5) is 28.3. The van der Waals surface area contributed by atoms with Gasteiger partial charge in [-0.2, -0.15) is 0 Å². The fourth-order valence-electron chi connectivity index (χ4n) is 4.31. The Morgan fingerprint density at radius 2 is 1.58 bits per heavy atom. The minimum Gasteiger partial charge on any atom is -0.352 e. The van der Waals surface area contributed by atoms with Crippen LogP contribution in [0.3, 0.4) is 0 Å². The van der Waals surface area contributed by atoms with E-state index in [1.54, 1.807) is 18.2 Å². The molecule has 2 rings (SSSR count).